The van der Waals surface area contributed by atoms with E-state index in [0.29, 0.717) is 5.69 Å². The minimum Gasteiger partial charge on any atom is -0.480 e. The van der Waals surface area contributed by atoms with Gasteiger partial charge in [0.1, 0.15) is 6.54 Å². The number of carbonyl (C=O) groups is 3. The maximum atomic E-state index is 12.1. The number of carboxylic acids is 1. The number of imide groups is 1. The Morgan fingerprint density at radius 1 is 1.35 bits per heavy atom. The number of aliphatic imine (C=N–C) groups is 1. The van der Waals surface area contributed by atoms with Gasteiger partial charge >= 0.3 is 12.0 Å². The molecule has 1 saturated heterocycles. The summed E-state index contributed by atoms with van der Waals surface area (Å²) >= 11 is 0. The second-order valence-corrected chi connectivity index (χ2v) is 5.23. The Morgan fingerprint density at radius 2 is 2.04 bits per heavy atom. The summed E-state index contributed by atoms with van der Waals surface area (Å²) in [6.07, 6.45) is -0.762. The third kappa shape index (κ3) is 2.68. The number of carbonyl (C=O) groups excluding carboxylic acids is 2. The van der Waals surface area contributed by atoms with Crippen LogP contribution in [0.15, 0.2) is 35.3 Å². The molecule has 2 aliphatic rings. The quantitative estimate of drug-likeness (QED) is 0.707. The largest absolute Gasteiger partial charge is 0.480 e. The number of carboxylic acid groups (broad SMARTS) is 1. The molecule has 0 bridgehead atoms. The highest BCUT2D eigenvalue weighted by Crippen LogP contribution is 2.24. The summed E-state index contributed by atoms with van der Waals surface area (Å²) in [5, 5.41) is 14.3. The Bertz CT molecular complexity index is 690. The van der Waals surface area contributed by atoms with E-state index in [9.17, 15) is 14.4 Å². The molecule has 3 rings (SSSR count). The molecule has 2 unspecified atom stereocenters. The summed E-state index contributed by atoms with van der Waals surface area (Å²) in [6, 6.07) is 7.62. The van der Waals surface area contributed by atoms with Crippen LogP contribution in [0.25, 0.3) is 0 Å². The first-order valence-electron chi connectivity index (χ1n) is 6.93. The molecule has 2 heterocycles. The fourth-order valence-electron chi connectivity index (χ4n) is 2.60. The van der Waals surface area contributed by atoms with E-state index in [4.69, 9.17) is 5.11 Å². The van der Waals surface area contributed by atoms with Crippen LogP contribution in [0.4, 0.5) is 10.5 Å². The summed E-state index contributed by atoms with van der Waals surface area (Å²) in [6.45, 7) is -0.407. The predicted molar refractivity (Wildman–Crippen MR) is 80.7 cm³/mol. The van der Waals surface area contributed by atoms with Crippen LogP contribution in [0, 0.1) is 0 Å². The highest BCUT2D eigenvalue weighted by molar-refractivity contribution is 6.06. The van der Waals surface area contributed by atoms with E-state index in [0.717, 1.165) is 0 Å². The summed E-state index contributed by atoms with van der Waals surface area (Å²) in [4.78, 5) is 41.9. The number of guanidine groups is 1. The number of nitrogens with one attached hydrogen (secondary N) is 2. The van der Waals surface area contributed by atoms with Crippen LogP contribution in [0.2, 0.25) is 0 Å². The first kappa shape index (κ1) is 14.8. The molecule has 3 amide bonds. The van der Waals surface area contributed by atoms with Crippen molar-refractivity contribution >= 4 is 29.6 Å². The molecule has 2 aliphatic heterocycles. The number of aliphatic carboxylic acids is 1. The molecule has 1 aromatic carbocycles. The van der Waals surface area contributed by atoms with Gasteiger partial charge in [0.2, 0.25) is 5.96 Å². The number of urea groups is 1. The number of nitrogens with zero attached hydrogens (tertiary/aromatic N) is 3. The summed E-state index contributed by atoms with van der Waals surface area (Å²) in [7, 11) is 1.51. The smallest absolute Gasteiger partial charge is 0.325 e. The number of anilines is 1. The zero-order chi connectivity index (χ0) is 16.6. The van der Waals surface area contributed by atoms with Crippen molar-refractivity contribution in [3.8, 4) is 0 Å². The van der Waals surface area contributed by atoms with E-state index in [-0.39, 0.29) is 5.96 Å². The van der Waals surface area contributed by atoms with Crippen molar-refractivity contribution in [2.24, 2.45) is 4.99 Å². The van der Waals surface area contributed by atoms with Gasteiger partial charge < -0.3 is 20.2 Å². The van der Waals surface area contributed by atoms with Gasteiger partial charge in [0, 0.05) is 12.7 Å². The molecule has 1 fully saturated rings. The minimum atomic E-state index is -1.10. The van der Waals surface area contributed by atoms with Gasteiger partial charge in [0.15, 0.2) is 12.2 Å². The Balaban J connectivity index is 1.93. The van der Waals surface area contributed by atoms with Crippen LogP contribution in [-0.4, -0.2) is 64.6 Å². The van der Waals surface area contributed by atoms with Gasteiger partial charge in [-0.3, -0.25) is 14.9 Å². The highest BCUT2D eigenvalue weighted by atomic mass is 16.4. The zero-order valence-corrected chi connectivity index (χ0v) is 12.3. The average Bonchev–Trinajstić information content (AvgIpc) is 2.84. The Hall–Kier alpha value is -3.10. The molecule has 0 aromatic heterocycles. The van der Waals surface area contributed by atoms with Gasteiger partial charge in [-0.25, -0.2) is 9.79 Å². The molecule has 120 valence electrons. The predicted octanol–water partition coefficient (Wildman–Crippen LogP) is -0.269. The monoisotopic (exact) mass is 317 g/mol. The van der Waals surface area contributed by atoms with E-state index in [1.54, 1.807) is 12.1 Å². The third-order valence-corrected chi connectivity index (χ3v) is 3.70. The fourth-order valence-corrected chi connectivity index (χ4v) is 2.60. The van der Waals surface area contributed by atoms with Crippen LogP contribution in [0.1, 0.15) is 0 Å². The van der Waals surface area contributed by atoms with Crippen molar-refractivity contribution < 1.29 is 19.5 Å². The minimum absolute atomic E-state index is 0.241. The van der Waals surface area contributed by atoms with Crippen molar-refractivity contribution in [3.63, 3.8) is 0 Å². The van der Waals surface area contributed by atoms with Gasteiger partial charge in [0.25, 0.3) is 5.91 Å². The molecular formula is C14H15N5O4. The summed E-state index contributed by atoms with van der Waals surface area (Å²) in [5.41, 5.74) is 0.703. The van der Waals surface area contributed by atoms with Crippen LogP contribution >= 0.6 is 0 Å². The molecular weight excluding hydrogens is 302 g/mol. The van der Waals surface area contributed by atoms with Crippen molar-refractivity contribution in [2.75, 3.05) is 18.9 Å². The van der Waals surface area contributed by atoms with Gasteiger partial charge in [0.05, 0.1) is 0 Å². The van der Waals surface area contributed by atoms with Crippen LogP contribution in [0.3, 0.4) is 0 Å². The number of hydrogen-bond donors (Lipinski definition) is 3. The van der Waals surface area contributed by atoms with Gasteiger partial charge in [-0.15, -0.1) is 0 Å². The van der Waals surface area contributed by atoms with Gasteiger partial charge in [-0.1, -0.05) is 18.2 Å². The summed E-state index contributed by atoms with van der Waals surface area (Å²) in [5.74, 6) is -1.42. The Kier molecular flexibility index (Phi) is 3.61. The first-order chi connectivity index (χ1) is 11.0. The number of para-hydroxylation sites is 1. The van der Waals surface area contributed by atoms with Crippen LogP contribution < -0.4 is 10.6 Å². The molecule has 9 nitrogen and oxygen atoms in total. The first-order valence-corrected chi connectivity index (χ1v) is 6.93. The van der Waals surface area contributed by atoms with Crippen LogP contribution in [-0.2, 0) is 9.59 Å². The standard InChI is InChI=1S/C14H15N5O4/c1-18-11-10(12(22)17-14(18)23)19(7-9(20)21)13(16-11)15-8-5-3-2-4-6-8/h2-6,10-11H,7H2,1H3,(H,15,16)(H,20,21)(H,17,22,23). The lowest BCUT2D eigenvalue weighted by Gasteiger charge is -2.35. The van der Waals surface area contributed by atoms with Crippen molar-refractivity contribution in [1.29, 1.82) is 0 Å². The molecule has 0 radical (unpaired) electrons. The Morgan fingerprint density at radius 3 is 2.70 bits per heavy atom. The third-order valence-electron chi connectivity index (χ3n) is 3.70. The topological polar surface area (TPSA) is 114 Å². The van der Waals surface area contributed by atoms with Crippen molar-refractivity contribution in [2.45, 2.75) is 12.2 Å². The molecule has 0 spiro atoms. The molecule has 9 heteroatoms. The van der Waals surface area contributed by atoms with E-state index < -0.39 is 36.7 Å². The van der Waals surface area contributed by atoms with E-state index in [1.807, 2.05) is 18.2 Å². The second kappa shape index (κ2) is 5.59. The average molecular weight is 317 g/mol. The number of hydrogen-bond acceptors (Lipinski definition) is 6. The summed E-state index contributed by atoms with van der Waals surface area (Å²) < 4.78 is 0. The van der Waals surface area contributed by atoms with E-state index in [1.165, 1.54) is 16.8 Å². The molecule has 23 heavy (non-hydrogen) atoms. The van der Waals surface area contributed by atoms with Crippen molar-refractivity contribution in [1.82, 2.24) is 15.1 Å². The Labute approximate surface area is 131 Å². The second-order valence-electron chi connectivity index (χ2n) is 5.23. The lowest BCUT2D eigenvalue weighted by molar-refractivity contribution is -0.138. The number of benzene rings is 1. The highest BCUT2D eigenvalue weighted by Gasteiger charge is 2.49. The van der Waals surface area contributed by atoms with Crippen molar-refractivity contribution in [3.05, 3.63) is 30.3 Å². The lowest BCUT2D eigenvalue weighted by atomic mass is 10.1. The fraction of sp³-hybridized carbons (Fsp3) is 0.286. The van der Waals surface area contributed by atoms with E-state index in [2.05, 4.69) is 15.6 Å². The van der Waals surface area contributed by atoms with Gasteiger partial charge in [-0.05, 0) is 12.1 Å². The molecule has 1 aromatic rings. The zero-order valence-electron chi connectivity index (χ0n) is 12.3. The molecule has 0 aliphatic carbocycles. The molecule has 0 saturated carbocycles. The number of rotatable bonds is 3. The number of amides is 3. The molecule has 2 atom stereocenters. The normalized spacial score (nSPS) is 23.3. The van der Waals surface area contributed by atoms with Gasteiger partial charge in [-0.2, -0.15) is 0 Å². The maximum Gasteiger partial charge on any atom is 0.325 e. The maximum absolute atomic E-state index is 12.1. The lowest BCUT2D eigenvalue weighted by Crippen LogP contribution is -2.64. The molecule has 3 N–H and O–H groups in total. The number of fused-ring (bicyclic) bond motifs is 1. The van der Waals surface area contributed by atoms with Crippen LogP contribution in [0.5, 0.6) is 0 Å². The SMILES string of the molecule is CN1C(=O)NC(=O)C2C1N=C(Nc1ccccc1)N2CC(=O)O. The van der Waals surface area contributed by atoms with E-state index >= 15 is 0 Å². The number of likely N-dealkylation sites (N-methyl/N-ethyl adjacent to an activating group) is 1.